The predicted molar refractivity (Wildman–Crippen MR) is 110 cm³/mol. The molecular weight excluding hydrogens is 420 g/mol. The molecule has 10 nitrogen and oxygen atoms in total. The highest BCUT2D eigenvalue weighted by Gasteiger charge is 2.17. The summed E-state index contributed by atoms with van der Waals surface area (Å²) >= 11 is 7.39. The van der Waals surface area contributed by atoms with Gasteiger partial charge in [0.1, 0.15) is 12.3 Å². The topological polar surface area (TPSA) is 113 Å². The van der Waals surface area contributed by atoms with Gasteiger partial charge in [0, 0.05) is 20.2 Å². The van der Waals surface area contributed by atoms with Crippen LogP contribution in [0.3, 0.4) is 0 Å². The Hall–Kier alpha value is -3.18. The first kappa shape index (κ1) is 19.2. The molecule has 0 aliphatic carbocycles. The quantitative estimate of drug-likeness (QED) is 0.518. The molecule has 0 spiro atoms. The number of carbonyl (C=O) groups is 1. The monoisotopic (exact) mass is 434 g/mol. The Morgan fingerprint density at radius 3 is 2.76 bits per heavy atom. The smallest absolute Gasteiger partial charge is 0.332 e. The molecule has 3 heterocycles. The number of hydrogen-bond acceptors (Lipinski definition) is 7. The molecule has 0 bridgehead atoms. The number of amides is 1. The van der Waals surface area contributed by atoms with Gasteiger partial charge in [0.05, 0.1) is 28.7 Å². The Kier molecular flexibility index (Phi) is 4.63. The molecule has 0 aliphatic heterocycles. The lowest BCUT2D eigenvalue weighted by Gasteiger charge is -2.06. The Bertz CT molecular complexity index is 1400. The molecule has 3 aromatic heterocycles. The SMILES string of the molecule is COc1cc2nc(NC(=O)Cn3cnc4c3c(=O)n(C)c(=O)n4C)sc2cc1Cl. The van der Waals surface area contributed by atoms with Crippen LogP contribution in [0, 0.1) is 0 Å². The lowest BCUT2D eigenvalue weighted by atomic mass is 10.3. The van der Waals surface area contributed by atoms with Crippen molar-refractivity contribution in [3.63, 3.8) is 0 Å². The summed E-state index contributed by atoms with van der Waals surface area (Å²) in [6, 6.07) is 3.41. The van der Waals surface area contributed by atoms with E-state index >= 15 is 0 Å². The standard InChI is InChI=1S/C17H15ClN6O4S/c1-22-14-13(15(26)23(2)17(22)27)24(7-19-14)6-12(25)21-16-20-9-5-10(28-3)8(18)4-11(9)29-16/h4-5,7H,6H2,1-3H3,(H,20,21,25). The van der Waals surface area contributed by atoms with Crippen molar-refractivity contribution in [1.82, 2.24) is 23.7 Å². The third-order valence-electron chi connectivity index (χ3n) is 4.44. The van der Waals surface area contributed by atoms with E-state index in [1.807, 2.05) is 0 Å². The van der Waals surface area contributed by atoms with Crippen molar-refractivity contribution in [2.45, 2.75) is 6.54 Å². The van der Waals surface area contributed by atoms with Gasteiger partial charge in [-0.25, -0.2) is 14.8 Å². The van der Waals surface area contributed by atoms with Gasteiger partial charge in [0.2, 0.25) is 5.91 Å². The minimum Gasteiger partial charge on any atom is -0.495 e. The maximum absolute atomic E-state index is 12.5. The summed E-state index contributed by atoms with van der Waals surface area (Å²) in [6.07, 6.45) is 1.36. The van der Waals surface area contributed by atoms with E-state index in [2.05, 4.69) is 15.3 Å². The maximum Gasteiger partial charge on any atom is 0.332 e. The summed E-state index contributed by atoms with van der Waals surface area (Å²) in [6.45, 7) is -0.163. The normalized spacial score (nSPS) is 11.3. The zero-order valence-corrected chi connectivity index (χ0v) is 17.2. The van der Waals surface area contributed by atoms with Crippen LogP contribution in [-0.4, -0.2) is 36.7 Å². The molecule has 29 heavy (non-hydrogen) atoms. The van der Waals surface area contributed by atoms with E-state index < -0.39 is 17.2 Å². The number of methoxy groups -OCH3 is 1. The van der Waals surface area contributed by atoms with Gasteiger partial charge in [-0.3, -0.25) is 18.7 Å². The van der Waals surface area contributed by atoms with E-state index in [9.17, 15) is 14.4 Å². The van der Waals surface area contributed by atoms with Crippen LogP contribution in [0.1, 0.15) is 0 Å². The molecule has 4 rings (SSSR count). The summed E-state index contributed by atoms with van der Waals surface area (Å²) in [7, 11) is 4.40. The van der Waals surface area contributed by atoms with Crippen molar-refractivity contribution >= 4 is 55.4 Å². The average Bonchev–Trinajstić information content (AvgIpc) is 3.27. The second kappa shape index (κ2) is 7.01. The first-order valence-corrected chi connectivity index (χ1v) is 9.54. The second-order valence-corrected chi connectivity index (χ2v) is 7.71. The van der Waals surface area contributed by atoms with E-state index in [1.165, 1.54) is 48.0 Å². The number of nitrogens with zero attached hydrogens (tertiary/aromatic N) is 5. The first-order valence-electron chi connectivity index (χ1n) is 8.35. The summed E-state index contributed by atoms with van der Waals surface area (Å²) < 4.78 is 9.60. The molecule has 1 amide bonds. The van der Waals surface area contributed by atoms with Gasteiger partial charge in [-0.2, -0.15) is 0 Å². The van der Waals surface area contributed by atoms with Crippen molar-refractivity contribution in [3.8, 4) is 5.75 Å². The fourth-order valence-electron chi connectivity index (χ4n) is 2.97. The maximum atomic E-state index is 12.5. The van der Waals surface area contributed by atoms with E-state index in [-0.39, 0.29) is 17.7 Å². The molecule has 0 saturated carbocycles. The number of fused-ring (bicyclic) bond motifs is 2. The van der Waals surface area contributed by atoms with Crippen LogP contribution in [-0.2, 0) is 25.4 Å². The number of carbonyl (C=O) groups excluding carboxylic acids is 1. The van der Waals surface area contributed by atoms with Crippen LogP contribution in [0.4, 0.5) is 5.13 Å². The minimum atomic E-state index is -0.518. The molecule has 0 fully saturated rings. The van der Waals surface area contributed by atoms with Gasteiger partial charge in [0.25, 0.3) is 5.56 Å². The fraction of sp³-hybridized carbons (Fsp3) is 0.235. The number of imidazole rings is 1. The van der Waals surface area contributed by atoms with Crippen LogP contribution in [0.15, 0.2) is 28.0 Å². The van der Waals surface area contributed by atoms with Gasteiger partial charge in [0.15, 0.2) is 16.3 Å². The second-order valence-electron chi connectivity index (χ2n) is 6.27. The number of hydrogen-bond donors (Lipinski definition) is 1. The van der Waals surface area contributed by atoms with E-state index in [0.717, 1.165) is 9.27 Å². The van der Waals surface area contributed by atoms with Crippen molar-refractivity contribution < 1.29 is 9.53 Å². The summed E-state index contributed by atoms with van der Waals surface area (Å²) in [4.78, 5) is 45.4. The Morgan fingerprint density at radius 2 is 2.03 bits per heavy atom. The largest absolute Gasteiger partial charge is 0.495 e. The van der Waals surface area contributed by atoms with Crippen molar-refractivity contribution in [2.24, 2.45) is 14.1 Å². The molecular formula is C17H15ClN6O4S. The van der Waals surface area contributed by atoms with E-state index in [0.29, 0.717) is 21.4 Å². The molecule has 0 atom stereocenters. The molecule has 150 valence electrons. The van der Waals surface area contributed by atoms with Crippen LogP contribution >= 0.6 is 22.9 Å². The third kappa shape index (κ3) is 3.17. The Labute approximate surface area is 171 Å². The molecule has 4 aromatic rings. The summed E-state index contributed by atoms with van der Waals surface area (Å²) in [5.41, 5.74) is 0.0255. The van der Waals surface area contributed by atoms with Gasteiger partial charge in [-0.05, 0) is 6.07 Å². The molecule has 1 aromatic carbocycles. The number of anilines is 1. The highest BCUT2D eigenvalue weighted by atomic mass is 35.5. The van der Waals surface area contributed by atoms with Gasteiger partial charge >= 0.3 is 5.69 Å². The summed E-state index contributed by atoms with van der Waals surface area (Å²) in [5.74, 6) is 0.103. The highest BCUT2D eigenvalue weighted by Crippen LogP contribution is 2.34. The van der Waals surface area contributed by atoms with Gasteiger partial charge in [-0.15, -0.1) is 0 Å². The van der Waals surface area contributed by atoms with Crippen LogP contribution in [0.2, 0.25) is 5.02 Å². The minimum absolute atomic E-state index is 0.163. The molecule has 0 aliphatic rings. The van der Waals surface area contributed by atoms with E-state index in [4.69, 9.17) is 16.3 Å². The van der Waals surface area contributed by atoms with Crippen LogP contribution in [0.5, 0.6) is 5.75 Å². The number of aromatic nitrogens is 5. The molecule has 0 radical (unpaired) electrons. The van der Waals surface area contributed by atoms with E-state index in [1.54, 1.807) is 12.1 Å². The first-order chi connectivity index (χ1) is 13.8. The van der Waals surface area contributed by atoms with Crippen molar-refractivity contribution in [1.29, 1.82) is 0 Å². The number of ether oxygens (including phenoxy) is 1. The van der Waals surface area contributed by atoms with Crippen LogP contribution < -0.4 is 21.3 Å². The number of thiazole rings is 1. The average molecular weight is 435 g/mol. The van der Waals surface area contributed by atoms with Crippen LogP contribution in [0.25, 0.3) is 21.4 Å². The van der Waals surface area contributed by atoms with Crippen molar-refractivity contribution in [3.05, 3.63) is 44.3 Å². The van der Waals surface area contributed by atoms with Crippen molar-refractivity contribution in [2.75, 3.05) is 12.4 Å². The third-order valence-corrected chi connectivity index (χ3v) is 5.67. The zero-order valence-electron chi connectivity index (χ0n) is 15.6. The molecule has 0 saturated heterocycles. The number of rotatable bonds is 4. The fourth-order valence-corrected chi connectivity index (χ4v) is 4.18. The molecule has 12 heteroatoms. The lowest BCUT2D eigenvalue weighted by molar-refractivity contribution is -0.116. The Balaban J connectivity index is 1.63. The zero-order chi connectivity index (χ0) is 20.9. The van der Waals surface area contributed by atoms with Gasteiger partial charge in [-0.1, -0.05) is 22.9 Å². The molecule has 0 unspecified atom stereocenters. The lowest BCUT2D eigenvalue weighted by Crippen LogP contribution is -2.37. The predicted octanol–water partition coefficient (Wildman–Crippen LogP) is 1.34. The molecule has 1 N–H and O–H groups in total. The van der Waals surface area contributed by atoms with Gasteiger partial charge < -0.3 is 14.6 Å². The highest BCUT2D eigenvalue weighted by molar-refractivity contribution is 7.22. The number of aryl methyl sites for hydroxylation is 1. The number of nitrogens with one attached hydrogen (secondary N) is 1. The number of halogens is 1. The number of benzene rings is 1. The Morgan fingerprint density at radius 1 is 1.28 bits per heavy atom. The summed E-state index contributed by atoms with van der Waals surface area (Å²) in [5, 5.41) is 3.55.